The third-order valence-corrected chi connectivity index (χ3v) is 6.90. The molecule has 0 saturated heterocycles. The normalized spacial score (nSPS) is 29.3. The van der Waals surface area contributed by atoms with E-state index in [1.54, 1.807) is 13.0 Å². The van der Waals surface area contributed by atoms with Crippen LogP contribution in [0.15, 0.2) is 29.2 Å². The topological polar surface area (TPSA) is 89.4 Å². The SMILES string of the molecule is CC1=C(F)C(NC2CC3CCC2CC3)NC(c2[nH]nc3ncc(Cl)cc23)=C1C#N. The number of hydrogen-bond acceptors (Lipinski definition) is 5. The van der Waals surface area contributed by atoms with Gasteiger partial charge in [0.1, 0.15) is 18.1 Å². The van der Waals surface area contributed by atoms with Crippen molar-refractivity contribution in [2.75, 3.05) is 0 Å². The van der Waals surface area contributed by atoms with E-state index < -0.39 is 6.17 Å². The monoisotopic (exact) mass is 412 g/mol. The molecule has 2 unspecified atom stereocenters. The van der Waals surface area contributed by atoms with Crippen LogP contribution in [0.3, 0.4) is 0 Å². The highest BCUT2D eigenvalue weighted by Gasteiger charge is 2.38. The van der Waals surface area contributed by atoms with Gasteiger partial charge in [-0.2, -0.15) is 10.4 Å². The lowest BCUT2D eigenvalue weighted by Crippen LogP contribution is -2.54. The molecular formula is C21H22ClFN6. The Bertz CT molecular complexity index is 1070. The Labute approximate surface area is 173 Å². The van der Waals surface area contributed by atoms with Crippen molar-refractivity contribution in [3.05, 3.63) is 40.0 Å². The number of fused-ring (bicyclic) bond motifs is 4. The molecule has 8 heteroatoms. The molecule has 0 aromatic carbocycles. The molecule has 3 fully saturated rings. The molecule has 2 atom stereocenters. The van der Waals surface area contributed by atoms with Crippen molar-refractivity contribution in [3.8, 4) is 6.07 Å². The summed E-state index contributed by atoms with van der Waals surface area (Å²) in [6.45, 7) is 1.65. The third kappa shape index (κ3) is 3.11. The minimum atomic E-state index is -0.669. The predicted octanol–water partition coefficient (Wildman–Crippen LogP) is 4.19. The first-order chi connectivity index (χ1) is 14.0. The van der Waals surface area contributed by atoms with Crippen LogP contribution >= 0.6 is 11.6 Å². The Morgan fingerprint density at radius 1 is 1.31 bits per heavy atom. The fourth-order valence-corrected chi connectivity index (χ4v) is 5.27. The molecule has 6 nitrogen and oxygen atoms in total. The van der Waals surface area contributed by atoms with Crippen LogP contribution in [-0.2, 0) is 0 Å². The van der Waals surface area contributed by atoms with Gasteiger partial charge in [0.2, 0.25) is 0 Å². The second-order valence-corrected chi connectivity index (χ2v) is 8.76. The second kappa shape index (κ2) is 7.12. The molecule has 0 amide bonds. The fraction of sp³-hybridized carbons (Fsp3) is 0.476. The number of nitrogens with one attached hydrogen (secondary N) is 3. The number of nitriles is 1. The maximum absolute atomic E-state index is 15.2. The van der Waals surface area contributed by atoms with Gasteiger partial charge in [-0.15, -0.1) is 0 Å². The van der Waals surface area contributed by atoms with Crippen LogP contribution in [0.5, 0.6) is 0 Å². The average molecular weight is 413 g/mol. The van der Waals surface area contributed by atoms with Gasteiger partial charge in [0.15, 0.2) is 5.65 Å². The van der Waals surface area contributed by atoms with Crippen molar-refractivity contribution in [1.29, 1.82) is 5.26 Å². The van der Waals surface area contributed by atoms with Gasteiger partial charge in [-0.1, -0.05) is 24.4 Å². The van der Waals surface area contributed by atoms with Crippen LogP contribution in [0.2, 0.25) is 5.02 Å². The molecule has 6 rings (SSSR count). The lowest BCUT2D eigenvalue weighted by Gasteiger charge is -2.44. The lowest BCUT2D eigenvalue weighted by atomic mass is 9.68. The van der Waals surface area contributed by atoms with Gasteiger partial charge in [0.25, 0.3) is 0 Å². The highest BCUT2D eigenvalue weighted by molar-refractivity contribution is 6.31. The molecular weight excluding hydrogens is 391 g/mol. The average Bonchev–Trinajstić information content (AvgIpc) is 3.15. The first-order valence-corrected chi connectivity index (χ1v) is 10.5. The molecule has 0 spiro atoms. The second-order valence-electron chi connectivity index (χ2n) is 8.33. The Balaban J connectivity index is 1.51. The summed E-state index contributed by atoms with van der Waals surface area (Å²) in [5, 5.41) is 24.8. The molecule has 1 aliphatic heterocycles. The molecule has 2 bridgehead atoms. The Hall–Kier alpha value is -2.43. The molecule has 3 saturated carbocycles. The summed E-state index contributed by atoms with van der Waals surface area (Å²) < 4.78 is 15.2. The van der Waals surface area contributed by atoms with Gasteiger partial charge in [0.05, 0.1) is 22.0 Å². The van der Waals surface area contributed by atoms with Gasteiger partial charge in [-0.25, -0.2) is 9.37 Å². The number of allylic oxidation sites excluding steroid dienone is 2. The van der Waals surface area contributed by atoms with E-state index in [0.29, 0.717) is 38.9 Å². The highest BCUT2D eigenvalue weighted by atomic mass is 35.5. The van der Waals surface area contributed by atoms with Crippen molar-refractivity contribution in [2.45, 2.75) is 51.2 Å². The van der Waals surface area contributed by atoms with Gasteiger partial charge >= 0.3 is 0 Å². The minimum Gasteiger partial charge on any atom is -0.361 e. The molecule has 3 heterocycles. The molecule has 3 N–H and O–H groups in total. The van der Waals surface area contributed by atoms with Gasteiger partial charge in [-0.05, 0) is 44.1 Å². The van der Waals surface area contributed by atoms with Crippen molar-refractivity contribution in [1.82, 2.24) is 25.8 Å². The largest absolute Gasteiger partial charge is 0.361 e. The first-order valence-electron chi connectivity index (χ1n) is 10.1. The van der Waals surface area contributed by atoms with Crippen LogP contribution in [-0.4, -0.2) is 27.4 Å². The number of pyridine rings is 1. The quantitative estimate of drug-likeness (QED) is 0.703. The maximum Gasteiger partial charge on any atom is 0.181 e. The summed E-state index contributed by atoms with van der Waals surface area (Å²) in [5.74, 6) is 1.01. The van der Waals surface area contributed by atoms with Crippen LogP contribution in [0.1, 0.15) is 44.7 Å². The number of aromatic nitrogens is 3. The van der Waals surface area contributed by atoms with E-state index in [4.69, 9.17) is 11.6 Å². The Morgan fingerprint density at radius 3 is 2.79 bits per heavy atom. The molecule has 150 valence electrons. The number of halogens is 2. The zero-order valence-corrected chi connectivity index (χ0v) is 16.9. The van der Waals surface area contributed by atoms with E-state index >= 15 is 4.39 Å². The smallest absolute Gasteiger partial charge is 0.181 e. The van der Waals surface area contributed by atoms with E-state index in [9.17, 15) is 5.26 Å². The fourth-order valence-electron chi connectivity index (χ4n) is 5.12. The summed E-state index contributed by atoms with van der Waals surface area (Å²) in [6.07, 6.45) is 6.94. The predicted molar refractivity (Wildman–Crippen MR) is 109 cm³/mol. The molecule has 29 heavy (non-hydrogen) atoms. The van der Waals surface area contributed by atoms with Crippen molar-refractivity contribution in [3.63, 3.8) is 0 Å². The van der Waals surface area contributed by atoms with Crippen molar-refractivity contribution in [2.24, 2.45) is 11.8 Å². The maximum atomic E-state index is 15.2. The zero-order chi connectivity index (χ0) is 20.1. The number of nitrogens with zero attached hydrogens (tertiary/aromatic N) is 3. The number of dihydropyridines is 1. The van der Waals surface area contributed by atoms with Crippen LogP contribution in [0.4, 0.5) is 4.39 Å². The number of H-pyrrole nitrogens is 1. The van der Waals surface area contributed by atoms with E-state index in [1.165, 1.54) is 31.9 Å². The van der Waals surface area contributed by atoms with Crippen LogP contribution in [0.25, 0.3) is 16.7 Å². The third-order valence-electron chi connectivity index (χ3n) is 6.69. The van der Waals surface area contributed by atoms with E-state index in [-0.39, 0.29) is 17.4 Å². The molecule has 2 aromatic heterocycles. The number of rotatable bonds is 3. The lowest BCUT2D eigenvalue weighted by molar-refractivity contribution is 0.114. The molecule has 0 radical (unpaired) electrons. The first kappa shape index (κ1) is 18.6. The van der Waals surface area contributed by atoms with Gasteiger partial charge in [0, 0.05) is 23.2 Å². The number of aromatic amines is 1. The standard InChI is InChI=1S/C21H22ClFN6/c1-10-15(8-24)18(19-14-7-13(22)9-25-20(14)29-28-19)27-21(17(10)23)26-16-6-11-2-4-12(16)5-3-11/h7,9,11-12,16,21,26-27H,2-6H2,1H3,(H,25,28,29). The zero-order valence-electron chi connectivity index (χ0n) is 16.1. The molecule has 2 aromatic rings. The molecule has 4 aliphatic rings. The molecule has 3 aliphatic carbocycles. The highest BCUT2D eigenvalue weighted by Crippen LogP contribution is 2.42. The Morgan fingerprint density at radius 2 is 2.10 bits per heavy atom. The van der Waals surface area contributed by atoms with Crippen LogP contribution in [0, 0.1) is 23.2 Å². The van der Waals surface area contributed by atoms with Crippen molar-refractivity contribution >= 4 is 28.3 Å². The summed E-state index contributed by atoms with van der Waals surface area (Å²) >= 11 is 6.11. The number of hydrogen-bond donors (Lipinski definition) is 3. The Kier molecular flexibility index (Phi) is 4.56. The van der Waals surface area contributed by atoms with E-state index in [1.807, 2.05) is 0 Å². The summed E-state index contributed by atoms with van der Waals surface area (Å²) in [7, 11) is 0. The van der Waals surface area contributed by atoms with E-state index in [2.05, 4.69) is 31.9 Å². The van der Waals surface area contributed by atoms with Crippen molar-refractivity contribution < 1.29 is 4.39 Å². The summed E-state index contributed by atoms with van der Waals surface area (Å²) in [4.78, 5) is 4.21. The minimum absolute atomic E-state index is 0.260. The van der Waals surface area contributed by atoms with Crippen LogP contribution < -0.4 is 10.6 Å². The van der Waals surface area contributed by atoms with E-state index in [0.717, 1.165) is 12.3 Å². The van der Waals surface area contributed by atoms with Gasteiger partial charge < -0.3 is 5.32 Å². The summed E-state index contributed by atoms with van der Waals surface area (Å²) in [5.41, 5.74) is 2.22. The van der Waals surface area contributed by atoms with Gasteiger partial charge in [-0.3, -0.25) is 10.4 Å². The summed E-state index contributed by atoms with van der Waals surface area (Å²) in [6, 6.07) is 4.18.